The fourth-order valence-electron chi connectivity index (χ4n) is 2.89. The van der Waals surface area contributed by atoms with Gasteiger partial charge in [-0.15, -0.1) is 11.3 Å². The maximum absolute atomic E-state index is 12.1. The van der Waals surface area contributed by atoms with Crippen LogP contribution >= 0.6 is 22.9 Å². The fourth-order valence-corrected chi connectivity index (χ4v) is 3.87. The van der Waals surface area contributed by atoms with Crippen molar-refractivity contribution in [2.75, 3.05) is 11.9 Å². The zero-order valence-electron chi connectivity index (χ0n) is 16.2. The van der Waals surface area contributed by atoms with E-state index in [1.165, 1.54) is 16.7 Å². The van der Waals surface area contributed by atoms with E-state index in [1.807, 2.05) is 38.1 Å². The number of amides is 2. The Morgan fingerprint density at radius 1 is 1.11 bits per heavy atom. The number of nitrogens with one attached hydrogen (secondary N) is 1. The Bertz CT molecular complexity index is 817. The van der Waals surface area contributed by atoms with Gasteiger partial charge in [0.25, 0.3) is 0 Å². The lowest BCUT2D eigenvalue weighted by molar-refractivity contribution is -0.553. The molecule has 28 heavy (non-hydrogen) atoms. The number of primary amides is 1. The summed E-state index contributed by atoms with van der Waals surface area (Å²) < 4.78 is 0.572. The Labute approximate surface area is 174 Å². The summed E-state index contributed by atoms with van der Waals surface area (Å²) in [5.41, 5.74) is 1.79. The van der Waals surface area contributed by atoms with Crippen LogP contribution in [-0.4, -0.2) is 24.1 Å². The van der Waals surface area contributed by atoms with E-state index in [0.717, 1.165) is 18.4 Å². The topological polar surface area (TPSA) is 79.8 Å². The lowest BCUT2D eigenvalue weighted by atomic mass is 9.92. The Morgan fingerprint density at radius 3 is 2.39 bits per heavy atom. The number of thiophene rings is 1. The van der Waals surface area contributed by atoms with Crippen molar-refractivity contribution in [1.82, 2.24) is 0 Å². The second-order valence-electron chi connectivity index (χ2n) is 6.59. The molecule has 2 rings (SSSR count). The van der Waals surface area contributed by atoms with Crippen molar-refractivity contribution in [2.24, 2.45) is 5.92 Å². The smallest absolute Gasteiger partial charge is 0.326 e. The summed E-state index contributed by atoms with van der Waals surface area (Å²) in [5.74, 6) is 0.0852. The number of Topliss-reactive ketones (excluding diaryl/α,β-unsaturated/α-hetero) is 1. The van der Waals surface area contributed by atoms with Crippen LogP contribution in [0.1, 0.15) is 48.3 Å². The van der Waals surface area contributed by atoms with Crippen LogP contribution in [0.25, 0.3) is 0 Å². The van der Waals surface area contributed by atoms with E-state index >= 15 is 0 Å². The Morgan fingerprint density at radius 2 is 1.82 bits per heavy atom. The van der Waals surface area contributed by atoms with Gasteiger partial charge in [-0.2, -0.15) is 0 Å². The minimum atomic E-state index is -0.145. The fraction of sp³-hybridized carbons (Fsp3) is 0.381. The number of halogens is 1. The van der Waals surface area contributed by atoms with Crippen molar-refractivity contribution in [3.8, 4) is 0 Å². The molecule has 5 nitrogen and oxygen atoms in total. The molecule has 2 amide bonds. The molecule has 1 atom stereocenters. The van der Waals surface area contributed by atoms with Gasteiger partial charge < -0.3 is 5.32 Å². The van der Waals surface area contributed by atoms with Crippen molar-refractivity contribution < 1.29 is 19.7 Å². The van der Waals surface area contributed by atoms with Gasteiger partial charge in [0.05, 0.1) is 17.3 Å². The van der Waals surface area contributed by atoms with Crippen molar-refractivity contribution in [3.05, 3.63) is 51.2 Å². The third-order valence-electron chi connectivity index (χ3n) is 4.53. The molecule has 0 spiro atoms. The summed E-state index contributed by atoms with van der Waals surface area (Å²) in [4.78, 5) is 36.5. The normalized spacial score (nSPS) is 11.8. The number of quaternary nitrogens is 1. The Kier molecular flexibility index (Phi) is 8.83. The predicted octanol–water partition coefficient (Wildman–Crippen LogP) is 3.68. The maximum Gasteiger partial charge on any atom is 0.352 e. The molecule has 0 unspecified atom stereocenters. The molecule has 0 aliphatic rings. The van der Waals surface area contributed by atoms with Gasteiger partial charge in [-0.25, -0.2) is 4.79 Å². The van der Waals surface area contributed by atoms with Crippen molar-refractivity contribution >= 4 is 46.2 Å². The van der Waals surface area contributed by atoms with E-state index in [9.17, 15) is 14.4 Å². The SMILES string of the molecule is CCC(=O)[C@H](CC)Cc1ccc(NC(=O)CC[NH2+]C(=O)c2ccc(Cl)s2)cc1. The molecule has 0 aliphatic carbocycles. The van der Waals surface area contributed by atoms with Crippen LogP contribution < -0.4 is 10.6 Å². The first-order chi connectivity index (χ1) is 13.4. The second kappa shape index (κ2) is 11.1. The summed E-state index contributed by atoms with van der Waals surface area (Å²) >= 11 is 7.05. The van der Waals surface area contributed by atoms with E-state index in [1.54, 1.807) is 12.1 Å². The molecule has 0 aliphatic heterocycles. The number of ketones is 1. The molecule has 1 heterocycles. The average Bonchev–Trinajstić information content (AvgIpc) is 3.13. The maximum atomic E-state index is 12.1. The second-order valence-corrected chi connectivity index (χ2v) is 8.30. The molecule has 1 aromatic heterocycles. The number of hydrogen-bond donors (Lipinski definition) is 2. The molecular formula is C21H26ClN2O3S+. The molecule has 2 aromatic rings. The summed E-state index contributed by atoms with van der Waals surface area (Å²) in [7, 11) is 0. The number of carbonyl (C=O) groups is 3. The molecule has 0 bridgehead atoms. The summed E-state index contributed by atoms with van der Waals surface area (Å²) in [6, 6.07) is 10.9. The van der Waals surface area contributed by atoms with Crippen molar-refractivity contribution in [3.63, 3.8) is 0 Å². The van der Waals surface area contributed by atoms with Gasteiger partial charge in [0.2, 0.25) is 5.91 Å². The zero-order chi connectivity index (χ0) is 20.5. The summed E-state index contributed by atoms with van der Waals surface area (Å²) in [6.45, 7) is 4.29. The Balaban J connectivity index is 1.77. The van der Waals surface area contributed by atoms with Gasteiger partial charge in [0, 0.05) is 18.0 Å². The Hall–Kier alpha value is -2.02. The van der Waals surface area contributed by atoms with Gasteiger partial charge in [-0.3, -0.25) is 14.9 Å². The number of anilines is 1. The van der Waals surface area contributed by atoms with E-state index in [2.05, 4.69) is 5.32 Å². The zero-order valence-corrected chi connectivity index (χ0v) is 17.7. The van der Waals surface area contributed by atoms with Crippen LogP contribution in [0.3, 0.4) is 0 Å². The first kappa shape index (κ1) is 22.3. The molecule has 150 valence electrons. The largest absolute Gasteiger partial charge is 0.352 e. The first-order valence-electron chi connectivity index (χ1n) is 9.47. The molecule has 0 radical (unpaired) electrons. The van der Waals surface area contributed by atoms with Crippen LogP contribution in [0, 0.1) is 5.92 Å². The van der Waals surface area contributed by atoms with Crippen LogP contribution in [0.4, 0.5) is 5.69 Å². The van der Waals surface area contributed by atoms with Gasteiger partial charge in [0.15, 0.2) is 0 Å². The number of benzene rings is 1. The molecule has 0 fully saturated rings. The number of carbonyl (C=O) groups excluding carboxylic acids is 3. The highest BCUT2D eigenvalue weighted by molar-refractivity contribution is 7.17. The molecule has 3 N–H and O–H groups in total. The van der Waals surface area contributed by atoms with Crippen LogP contribution in [0.15, 0.2) is 36.4 Å². The van der Waals surface area contributed by atoms with Crippen molar-refractivity contribution in [2.45, 2.75) is 39.5 Å². The molecule has 1 aromatic carbocycles. The van der Waals surface area contributed by atoms with Crippen LogP contribution in [0.2, 0.25) is 4.34 Å². The minimum Gasteiger partial charge on any atom is -0.326 e. The molecule has 7 heteroatoms. The number of rotatable bonds is 10. The lowest BCUT2D eigenvalue weighted by Crippen LogP contribution is -2.88. The molecule has 0 saturated heterocycles. The van der Waals surface area contributed by atoms with E-state index in [-0.39, 0.29) is 29.9 Å². The lowest BCUT2D eigenvalue weighted by Gasteiger charge is -2.13. The van der Waals surface area contributed by atoms with E-state index in [4.69, 9.17) is 11.6 Å². The van der Waals surface area contributed by atoms with Crippen LogP contribution in [-0.2, 0) is 16.0 Å². The highest BCUT2D eigenvalue weighted by Gasteiger charge is 2.15. The third kappa shape index (κ3) is 6.86. The standard InChI is InChI=1S/C21H25ClN2O3S/c1-3-15(17(25)4-2)13-14-5-7-16(8-6-14)24-20(26)11-12-23-21(27)18-9-10-19(22)28-18/h5-10,15H,3-4,11-13H2,1-2H3,(H,23,27)(H,24,26)/p+1/t15-/m1/s1. The quantitative estimate of drug-likeness (QED) is 0.614. The third-order valence-corrected chi connectivity index (χ3v) is 5.78. The highest BCUT2D eigenvalue weighted by atomic mass is 35.5. The number of nitrogens with two attached hydrogens (primary N) is 1. The average molecular weight is 422 g/mol. The van der Waals surface area contributed by atoms with E-state index in [0.29, 0.717) is 27.9 Å². The molecule has 0 saturated carbocycles. The van der Waals surface area contributed by atoms with Gasteiger partial charge in [-0.05, 0) is 42.7 Å². The van der Waals surface area contributed by atoms with Gasteiger partial charge in [0.1, 0.15) is 10.7 Å². The van der Waals surface area contributed by atoms with Crippen molar-refractivity contribution in [1.29, 1.82) is 0 Å². The minimum absolute atomic E-state index is 0.0525. The monoisotopic (exact) mass is 421 g/mol. The van der Waals surface area contributed by atoms with Gasteiger partial charge >= 0.3 is 5.91 Å². The number of hydrogen-bond acceptors (Lipinski definition) is 4. The van der Waals surface area contributed by atoms with Crippen LogP contribution in [0.5, 0.6) is 0 Å². The highest BCUT2D eigenvalue weighted by Crippen LogP contribution is 2.20. The van der Waals surface area contributed by atoms with Gasteiger partial charge in [-0.1, -0.05) is 37.6 Å². The first-order valence-corrected chi connectivity index (χ1v) is 10.7. The van der Waals surface area contributed by atoms with E-state index < -0.39 is 0 Å². The summed E-state index contributed by atoms with van der Waals surface area (Å²) in [6.07, 6.45) is 2.35. The predicted molar refractivity (Wildman–Crippen MR) is 113 cm³/mol. The summed E-state index contributed by atoms with van der Waals surface area (Å²) in [5, 5.41) is 4.35. The molecular weight excluding hydrogens is 396 g/mol.